The van der Waals surface area contributed by atoms with E-state index in [9.17, 15) is 18.0 Å². The molecular formula is C21H23F3N4OS. The van der Waals surface area contributed by atoms with Gasteiger partial charge in [-0.25, -0.2) is 0 Å². The number of nitrogens with one attached hydrogen (secondary N) is 1. The summed E-state index contributed by atoms with van der Waals surface area (Å²) >= 11 is 1.36. The number of rotatable bonds is 6. The van der Waals surface area contributed by atoms with E-state index in [0.717, 1.165) is 33.8 Å². The van der Waals surface area contributed by atoms with Gasteiger partial charge in [0, 0.05) is 30.1 Å². The van der Waals surface area contributed by atoms with Crippen molar-refractivity contribution in [2.75, 3.05) is 6.54 Å². The van der Waals surface area contributed by atoms with Gasteiger partial charge >= 0.3 is 6.18 Å². The van der Waals surface area contributed by atoms with Crippen molar-refractivity contribution in [3.05, 3.63) is 63.0 Å². The summed E-state index contributed by atoms with van der Waals surface area (Å²) in [6, 6.07) is 6.41. The van der Waals surface area contributed by atoms with E-state index >= 15 is 0 Å². The van der Waals surface area contributed by atoms with Crippen molar-refractivity contribution in [2.45, 2.75) is 32.5 Å². The highest BCUT2D eigenvalue weighted by Gasteiger charge is 2.30. The predicted octanol–water partition coefficient (Wildman–Crippen LogP) is 4.08. The zero-order valence-electron chi connectivity index (χ0n) is 16.9. The maximum Gasteiger partial charge on any atom is 0.416 e. The number of aryl methyl sites for hydroxylation is 3. The maximum absolute atomic E-state index is 12.9. The number of alkyl halides is 3. The van der Waals surface area contributed by atoms with Gasteiger partial charge in [-0.1, -0.05) is 18.2 Å². The molecule has 2 aromatic heterocycles. The van der Waals surface area contributed by atoms with Gasteiger partial charge in [0.15, 0.2) is 0 Å². The van der Waals surface area contributed by atoms with Crippen LogP contribution in [0.1, 0.15) is 31.2 Å². The second-order valence-corrected chi connectivity index (χ2v) is 8.44. The van der Waals surface area contributed by atoms with E-state index in [0.29, 0.717) is 10.4 Å². The van der Waals surface area contributed by atoms with Crippen molar-refractivity contribution in [3.63, 3.8) is 0 Å². The molecule has 0 bridgehead atoms. The number of nitrogens with zero attached hydrogens (tertiary/aromatic N) is 2. The molecule has 3 rings (SSSR count). The van der Waals surface area contributed by atoms with E-state index in [1.165, 1.54) is 17.4 Å². The Bertz CT molecular complexity index is 1040. The minimum Gasteiger partial charge on any atom is -0.347 e. The topological polar surface area (TPSA) is 72.9 Å². The lowest BCUT2D eigenvalue weighted by molar-refractivity contribution is -0.137. The van der Waals surface area contributed by atoms with Crippen molar-refractivity contribution in [3.8, 4) is 11.3 Å². The van der Waals surface area contributed by atoms with Crippen LogP contribution >= 0.6 is 11.3 Å². The van der Waals surface area contributed by atoms with E-state index in [-0.39, 0.29) is 18.9 Å². The predicted molar refractivity (Wildman–Crippen MR) is 111 cm³/mol. The molecule has 1 amide bonds. The molecule has 0 spiro atoms. The summed E-state index contributed by atoms with van der Waals surface area (Å²) in [5, 5.41) is 7.09. The number of halogens is 3. The van der Waals surface area contributed by atoms with Crippen LogP contribution in [0.15, 0.2) is 36.5 Å². The van der Waals surface area contributed by atoms with E-state index < -0.39 is 17.8 Å². The molecule has 0 saturated heterocycles. The van der Waals surface area contributed by atoms with Crippen LogP contribution < -0.4 is 11.1 Å². The summed E-state index contributed by atoms with van der Waals surface area (Å²) in [5.74, 6) is -0.295. The van der Waals surface area contributed by atoms with Gasteiger partial charge in [-0.15, -0.1) is 11.3 Å². The number of amides is 1. The molecular weight excluding hydrogens is 413 g/mol. The van der Waals surface area contributed by atoms with E-state index in [4.69, 9.17) is 5.73 Å². The summed E-state index contributed by atoms with van der Waals surface area (Å²) in [4.78, 5) is 14.3. The van der Waals surface area contributed by atoms with Gasteiger partial charge in [-0.3, -0.25) is 9.48 Å². The fourth-order valence-corrected chi connectivity index (χ4v) is 4.30. The molecule has 1 atom stereocenters. The molecule has 3 N–H and O–H groups in total. The summed E-state index contributed by atoms with van der Waals surface area (Å²) < 4.78 is 40.6. The highest BCUT2D eigenvalue weighted by atomic mass is 32.1. The number of benzene rings is 1. The van der Waals surface area contributed by atoms with Gasteiger partial charge in [-0.05, 0) is 43.5 Å². The Balaban J connectivity index is 1.76. The summed E-state index contributed by atoms with van der Waals surface area (Å²) in [6.07, 6.45) is -2.43. The molecule has 5 nitrogen and oxygen atoms in total. The molecule has 0 saturated carbocycles. The summed E-state index contributed by atoms with van der Waals surface area (Å²) in [7, 11) is 1.85. The zero-order valence-corrected chi connectivity index (χ0v) is 17.7. The van der Waals surface area contributed by atoms with Gasteiger partial charge in [0.05, 0.1) is 22.3 Å². The first-order valence-corrected chi connectivity index (χ1v) is 10.2. The van der Waals surface area contributed by atoms with Crippen molar-refractivity contribution in [1.29, 1.82) is 0 Å². The lowest BCUT2D eigenvalue weighted by Crippen LogP contribution is -2.41. The molecule has 0 aliphatic carbocycles. The van der Waals surface area contributed by atoms with Gasteiger partial charge < -0.3 is 11.1 Å². The normalized spacial score (nSPS) is 12.8. The Kier molecular flexibility index (Phi) is 6.33. The minimum atomic E-state index is -4.41. The molecule has 0 radical (unpaired) electrons. The van der Waals surface area contributed by atoms with Crippen LogP contribution in [0.25, 0.3) is 11.3 Å². The third-order valence-corrected chi connectivity index (χ3v) is 5.92. The maximum atomic E-state index is 12.9. The average molecular weight is 437 g/mol. The monoisotopic (exact) mass is 436 g/mol. The van der Waals surface area contributed by atoms with Crippen LogP contribution in [-0.2, 0) is 19.6 Å². The number of thiophene rings is 1. The molecule has 9 heteroatoms. The average Bonchev–Trinajstić information content (AvgIpc) is 3.22. The Morgan fingerprint density at radius 1 is 1.30 bits per heavy atom. The molecule has 160 valence electrons. The highest BCUT2D eigenvalue weighted by molar-refractivity contribution is 7.14. The first-order valence-electron chi connectivity index (χ1n) is 9.36. The molecule has 30 heavy (non-hydrogen) atoms. The quantitative estimate of drug-likeness (QED) is 0.612. The van der Waals surface area contributed by atoms with Crippen LogP contribution in [0.5, 0.6) is 0 Å². The standard InChI is InChI=1S/C21H23F3N4OS/c1-12-11-26-28(3)19(12)17-9-18(30-13(17)2)20(29)27-16(10-25)8-14-5-4-6-15(7-14)21(22,23)24/h4-7,9,11,16H,8,10,25H2,1-3H3,(H,27,29). The van der Waals surface area contributed by atoms with Crippen LogP contribution in [-0.4, -0.2) is 28.3 Å². The SMILES string of the molecule is Cc1cnn(C)c1-c1cc(C(=O)NC(CN)Cc2cccc(C(F)(F)F)c2)sc1C. The largest absolute Gasteiger partial charge is 0.416 e. The molecule has 0 aliphatic heterocycles. The van der Waals surface area contributed by atoms with Gasteiger partial charge in [0.2, 0.25) is 0 Å². The number of carbonyl (C=O) groups excluding carboxylic acids is 1. The Morgan fingerprint density at radius 2 is 2.03 bits per heavy atom. The fourth-order valence-electron chi connectivity index (χ4n) is 3.37. The highest BCUT2D eigenvalue weighted by Crippen LogP contribution is 2.33. The number of hydrogen-bond acceptors (Lipinski definition) is 4. The van der Waals surface area contributed by atoms with Gasteiger partial charge in [0.1, 0.15) is 0 Å². The second kappa shape index (κ2) is 8.61. The summed E-state index contributed by atoms with van der Waals surface area (Å²) in [5.41, 5.74) is 8.42. The lowest BCUT2D eigenvalue weighted by atomic mass is 10.0. The van der Waals surface area contributed by atoms with Crippen molar-refractivity contribution in [2.24, 2.45) is 12.8 Å². The van der Waals surface area contributed by atoms with Gasteiger partial charge in [-0.2, -0.15) is 18.3 Å². The molecule has 1 unspecified atom stereocenters. The molecule has 2 heterocycles. The van der Waals surface area contributed by atoms with E-state index in [1.807, 2.05) is 27.0 Å². The summed E-state index contributed by atoms with van der Waals surface area (Å²) in [6.45, 7) is 4.00. The number of hydrogen-bond donors (Lipinski definition) is 2. The minimum absolute atomic E-state index is 0.111. The smallest absolute Gasteiger partial charge is 0.347 e. The zero-order chi connectivity index (χ0) is 22.1. The Labute approximate surface area is 176 Å². The van der Waals surface area contributed by atoms with Crippen LogP contribution in [0.4, 0.5) is 13.2 Å². The van der Waals surface area contributed by atoms with Crippen molar-refractivity contribution < 1.29 is 18.0 Å². The molecule has 3 aromatic rings. The van der Waals surface area contributed by atoms with Gasteiger partial charge in [0.25, 0.3) is 5.91 Å². The fraction of sp³-hybridized carbons (Fsp3) is 0.333. The molecule has 0 fully saturated rings. The lowest BCUT2D eigenvalue weighted by Gasteiger charge is -2.17. The molecule has 1 aromatic carbocycles. The third-order valence-electron chi connectivity index (χ3n) is 4.87. The number of carbonyl (C=O) groups is 1. The van der Waals surface area contributed by atoms with E-state index in [1.54, 1.807) is 16.9 Å². The second-order valence-electron chi connectivity index (χ2n) is 7.19. The Hall–Kier alpha value is -2.65. The van der Waals surface area contributed by atoms with Crippen LogP contribution in [0, 0.1) is 13.8 Å². The van der Waals surface area contributed by atoms with Crippen LogP contribution in [0.2, 0.25) is 0 Å². The Morgan fingerprint density at radius 3 is 2.63 bits per heavy atom. The van der Waals surface area contributed by atoms with Crippen molar-refractivity contribution in [1.82, 2.24) is 15.1 Å². The third kappa shape index (κ3) is 4.73. The number of nitrogens with two attached hydrogens (primary N) is 1. The first-order chi connectivity index (χ1) is 14.1. The molecule has 0 aliphatic rings. The van der Waals surface area contributed by atoms with Crippen LogP contribution in [0.3, 0.4) is 0 Å². The van der Waals surface area contributed by atoms with E-state index in [2.05, 4.69) is 10.4 Å². The number of aromatic nitrogens is 2. The van der Waals surface area contributed by atoms with Crippen molar-refractivity contribution >= 4 is 17.2 Å². The first kappa shape index (κ1) is 22.0.